The lowest BCUT2D eigenvalue weighted by Gasteiger charge is -2.23. The molecular formula is C14H16N4O. The normalized spacial score (nSPS) is 19.3. The summed E-state index contributed by atoms with van der Waals surface area (Å²) in [5.74, 6) is 0.845. The summed E-state index contributed by atoms with van der Waals surface area (Å²) >= 11 is 0. The van der Waals surface area contributed by atoms with Crippen LogP contribution in [0.1, 0.15) is 5.82 Å². The molecule has 2 aromatic heterocycles. The van der Waals surface area contributed by atoms with Crippen LogP contribution in [0.4, 0.5) is 0 Å². The predicted molar refractivity (Wildman–Crippen MR) is 71.6 cm³/mol. The number of morpholine rings is 1. The van der Waals surface area contributed by atoms with Gasteiger partial charge in [-0.05, 0) is 18.2 Å². The van der Waals surface area contributed by atoms with Gasteiger partial charge in [-0.25, -0.2) is 9.97 Å². The smallest absolute Gasteiger partial charge is 0.130 e. The van der Waals surface area contributed by atoms with Gasteiger partial charge < -0.3 is 10.1 Å². The summed E-state index contributed by atoms with van der Waals surface area (Å²) in [5, 5.41) is 3.41. The maximum Gasteiger partial charge on any atom is 0.130 e. The minimum Gasteiger partial charge on any atom is -0.379 e. The number of hydrogen-bond acceptors (Lipinski definition) is 5. The van der Waals surface area contributed by atoms with Crippen LogP contribution in [0.5, 0.6) is 0 Å². The van der Waals surface area contributed by atoms with Crippen molar-refractivity contribution in [2.24, 2.45) is 0 Å². The fraction of sp³-hybridized carbons (Fsp3) is 0.357. The van der Waals surface area contributed by atoms with Crippen LogP contribution in [0.25, 0.3) is 11.3 Å². The predicted octanol–water partition coefficient (Wildman–Crippen LogP) is 1.07. The summed E-state index contributed by atoms with van der Waals surface area (Å²) in [5.41, 5.74) is 2.00. The summed E-state index contributed by atoms with van der Waals surface area (Å²) in [6, 6.07) is 6.13. The van der Waals surface area contributed by atoms with Gasteiger partial charge in [0.1, 0.15) is 5.82 Å². The Kier molecular flexibility index (Phi) is 3.76. The zero-order chi connectivity index (χ0) is 12.9. The molecule has 1 N–H and O–H groups in total. The molecule has 1 unspecified atom stereocenters. The molecule has 0 saturated carbocycles. The highest BCUT2D eigenvalue weighted by Gasteiger charge is 2.15. The lowest BCUT2D eigenvalue weighted by atomic mass is 10.1. The van der Waals surface area contributed by atoms with Gasteiger partial charge in [-0.2, -0.15) is 0 Å². The first kappa shape index (κ1) is 12.2. The molecule has 0 spiro atoms. The van der Waals surface area contributed by atoms with E-state index in [9.17, 15) is 0 Å². The van der Waals surface area contributed by atoms with Gasteiger partial charge >= 0.3 is 0 Å². The van der Waals surface area contributed by atoms with Crippen molar-refractivity contribution in [3.63, 3.8) is 0 Å². The van der Waals surface area contributed by atoms with E-state index in [4.69, 9.17) is 4.74 Å². The zero-order valence-corrected chi connectivity index (χ0v) is 10.6. The Morgan fingerprint density at radius 3 is 2.89 bits per heavy atom. The van der Waals surface area contributed by atoms with E-state index in [1.54, 1.807) is 12.4 Å². The van der Waals surface area contributed by atoms with Crippen molar-refractivity contribution in [1.29, 1.82) is 0 Å². The van der Waals surface area contributed by atoms with Crippen LogP contribution in [-0.2, 0) is 11.2 Å². The number of rotatable bonds is 3. The van der Waals surface area contributed by atoms with Crippen LogP contribution < -0.4 is 5.32 Å². The first-order chi connectivity index (χ1) is 9.42. The molecule has 0 aliphatic carbocycles. The fourth-order valence-electron chi connectivity index (χ4n) is 2.15. The van der Waals surface area contributed by atoms with E-state index in [-0.39, 0.29) is 0 Å². The molecule has 1 saturated heterocycles. The van der Waals surface area contributed by atoms with Crippen molar-refractivity contribution in [2.45, 2.75) is 12.5 Å². The number of ether oxygens (including phenoxy) is 1. The lowest BCUT2D eigenvalue weighted by Crippen LogP contribution is -2.42. The van der Waals surface area contributed by atoms with Crippen LogP contribution in [-0.4, -0.2) is 40.8 Å². The average Bonchev–Trinajstić information content (AvgIpc) is 2.49. The number of nitrogens with one attached hydrogen (secondary N) is 1. The third kappa shape index (κ3) is 3.13. The summed E-state index contributed by atoms with van der Waals surface area (Å²) in [6.07, 6.45) is 6.14. The Balaban J connectivity index is 1.76. The highest BCUT2D eigenvalue weighted by molar-refractivity contribution is 5.57. The molecule has 0 aromatic carbocycles. The Morgan fingerprint density at radius 1 is 1.21 bits per heavy atom. The van der Waals surface area contributed by atoms with Crippen molar-refractivity contribution >= 4 is 0 Å². The highest BCUT2D eigenvalue weighted by Crippen LogP contribution is 2.15. The number of aromatic nitrogens is 3. The van der Waals surface area contributed by atoms with Gasteiger partial charge in [-0.3, -0.25) is 4.98 Å². The van der Waals surface area contributed by atoms with Crippen LogP contribution in [0, 0.1) is 0 Å². The van der Waals surface area contributed by atoms with Gasteiger partial charge in [0.15, 0.2) is 0 Å². The van der Waals surface area contributed by atoms with Crippen LogP contribution in [0.3, 0.4) is 0 Å². The molecule has 5 heteroatoms. The number of hydrogen-bond donors (Lipinski definition) is 1. The van der Waals surface area contributed by atoms with Crippen molar-refractivity contribution in [2.75, 3.05) is 19.8 Å². The summed E-state index contributed by atoms with van der Waals surface area (Å²) in [4.78, 5) is 13.0. The van der Waals surface area contributed by atoms with Gasteiger partial charge in [-0.15, -0.1) is 0 Å². The molecule has 0 bridgehead atoms. The summed E-state index contributed by atoms with van der Waals surface area (Å²) in [6.45, 7) is 2.41. The van der Waals surface area contributed by atoms with E-state index in [0.717, 1.165) is 43.3 Å². The molecule has 1 atom stereocenters. The molecule has 3 heterocycles. The Bertz CT molecular complexity index is 526. The van der Waals surface area contributed by atoms with Gasteiger partial charge in [0.2, 0.25) is 0 Å². The third-order valence-electron chi connectivity index (χ3n) is 3.11. The molecular weight excluding hydrogens is 240 g/mol. The van der Waals surface area contributed by atoms with Gasteiger partial charge in [0.05, 0.1) is 18.9 Å². The monoisotopic (exact) mass is 256 g/mol. The maximum absolute atomic E-state index is 5.44. The molecule has 0 amide bonds. The quantitative estimate of drug-likeness (QED) is 0.890. The minimum atomic E-state index is 0.307. The molecule has 0 radical (unpaired) electrons. The largest absolute Gasteiger partial charge is 0.379 e. The van der Waals surface area contributed by atoms with Gasteiger partial charge in [-0.1, -0.05) is 0 Å². The number of pyridine rings is 1. The Hall–Kier alpha value is -1.85. The molecule has 1 aliphatic heterocycles. The second-order valence-electron chi connectivity index (χ2n) is 4.52. The lowest BCUT2D eigenvalue weighted by molar-refractivity contribution is 0.0764. The first-order valence-electron chi connectivity index (χ1n) is 6.45. The average molecular weight is 256 g/mol. The van der Waals surface area contributed by atoms with Gasteiger partial charge in [0, 0.05) is 43.2 Å². The zero-order valence-electron chi connectivity index (χ0n) is 10.6. The van der Waals surface area contributed by atoms with Crippen molar-refractivity contribution in [3.05, 3.63) is 42.6 Å². The van der Waals surface area contributed by atoms with Gasteiger partial charge in [0.25, 0.3) is 0 Å². The molecule has 2 aromatic rings. The Morgan fingerprint density at radius 2 is 2.11 bits per heavy atom. The maximum atomic E-state index is 5.44. The molecule has 98 valence electrons. The van der Waals surface area contributed by atoms with Crippen LogP contribution >= 0.6 is 0 Å². The number of nitrogens with zero attached hydrogens (tertiary/aromatic N) is 3. The first-order valence-corrected chi connectivity index (χ1v) is 6.45. The topological polar surface area (TPSA) is 59.9 Å². The van der Waals surface area contributed by atoms with Crippen molar-refractivity contribution in [3.8, 4) is 11.3 Å². The minimum absolute atomic E-state index is 0.307. The van der Waals surface area contributed by atoms with E-state index in [2.05, 4.69) is 20.3 Å². The third-order valence-corrected chi connectivity index (χ3v) is 3.11. The van der Waals surface area contributed by atoms with E-state index >= 15 is 0 Å². The summed E-state index contributed by atoms with van der Waals surface area (Å²) in [7, 11) is 0. The standard InChI is InChI=1S/C14H16N4O/c1-4-15-5-2-11(1)13-3-6-17-14(18-13)9-12-10-19-8-7-16-12/h1-6,12,16H,7-10H2. The fourth-order valence-corrected chi connectivity index (χ4v) is 2.15. The van der Waals surface area contributed by atoms with Crippen LogP contribution in [0.2, 0.25) is 0 Å². The van der Waals surface area contributed by atoms with E-state index in [1.165, 1.54) is 0 Å². The van der Waals surface area contributed by atoms with Crippen LogP contribution in [0.15, 0.2) is 36.8 Å². The Labute approximate surface area is 112 Å². The highest BCUT2D eigenvalue weighted by atomic mass is 16.5. The van der Waals surface area contributed by atoms with Crippen molar-refractivity contribution in [1.82, 2.24) is 20.3 Å². The van der Waals surface area contributed by atoms with E-state index < -0.39 is 0 Å². The SMILES string of the molecule is c1cc(-c2ccnc(CC3COCCN3)n2)ccn1. The summed E-state index contributed by atoms with van der Waals surface area (Å²) < 4.78 is 5.44. The molecule has 3 rings (SSSR count). The second kappa shape index (κ2) is 5.86. The second-order valence-corrected chi connectivity index (χ2v) is 4.52. The molecule has 5 nitrogen and oxygen atoms in total. The van der Waals surface area contributed by atoms with E-state index in [1.807, 2.05) is 24.4 Å². The van der Waals surface area contributed by atoms with Crippen molar-refractivity contribution < 1.29 is 4.74 Å². The molecule has 1 fully saturated rings. The molecule has 1 aliphatic rings. The van der Waals surface area contributed by atoms with E-state index in [0.29, 0.717) is 6.04 Å². The molecule has 19 heavy (non-hydrogen) atoms.